The van der Waals surface area contributed by atoms with Gasteiger partial charge in [-0.25, -0.2) is 18.7 Å². The van der Waals surface area contributed by atoms with E-state index in [2.05, 4.69) is 14.7 Å². The number of rotatable bonds is 9. The third kappa shape index (κ3) is 6.12. The van der Waals surface area contributed by atoms with Crippen LogP contribution in [0.4, 0.5) is 0 Å². The number of thiophene rings is 1. The highest BCUT2D eigenvalue weighted by Crippen LogP contribution is 2.37. The Kier molecular flexibility index (Phi) is 8.90. The van der Waals surface area contributed by atoms with E-state index in [1.165, 1.54) is 48.0 Å². The summed E-state index contributed by atoms with van der Waals surface area (Å²) in [6.07, 6.45) is 10.9. The van der Waals surface area contributed by atoms with E-state index in [0.717, 1.165) is 36.7 Å². The van der Waals surface area contributed by atoms with Gasteiger partial charge in [-0.1, -0.05) is 37.5 Å². The van der Waals surface area contributed by atoms with Crippen molar-refractivity contribution in [1.29, 1.82) is 0 Å². The van der Waals surface area contributed by atoms with Crippen LogP contribution >= 0.6 is 11.3 Å². The molecule has 1 saturated carbocycles. The zero-order valence-corrected chi connectivity index (χ0v) is 27.5. The van der Waals surface area contributed by atoms with E-state index < -0.39 is 38.5 Å². The summed E-state index contributed by atoms with van der Waals surface area (Å²) in [5, 5.41) is 3.38. The van der Waals surface area contributed by atoms with Crippen molar-refractivity contribution in [2.45, 2.75) is 77.0 Å². The average Bonchev–Trinajstić information content (AvgIpc) is 3.62. The van der Waals surface area contributed by atoms with Crippen molar-refractivity contribution < 1.29 is 18.2 Å². The second kappa shape index (κ2) is 12.4. The summed E-state index contributed by atoms with van der Waals surface area (Å²) < 4.78 is 31.4. The number of nitrogens with zero attached hydrogens (tertiary/aromatic N) is 4. The summed E-state index contributed by atoms with van der Waals surface area (Å²) in [6, 6.07) is 6.45. The van der Waals surface area contributed by atoms with Gasteiger partial charge >= 0.3 is 5.69 Å². The Morgan fingerprint density at radius 3 is 2.57 bits per heavy atom. The molecule has 1 aromatic carbocycles. The van der Waals surface area contributed by atoms with E-state index in [-0.39, 0.29) is 18.0 Å². The van der Waals surface area contributed by atoms with Gasteiger partial charge in [-0.15, -0.1) is 11.3 Å². The minimum Gasteiger partial charge on any atom is -0.496 e. The minimum atomic E-state index is -2.65. The Labute approximate surface area is 260 Å². The molecule has 1 aliphatic rings. The molecule has 236 valence electrons. The number of methoxy groups -OCH3 is 1. The van der Waals surface area contributed by atoms with Gasteiger partial charge in [0.1, 0.15) is 28.4 Å². The third-order valence-corrected chi connectivity index (χ3v) is 10.2. The zero-order chi connectivity index (χ0) is 31.8. The zero-order valence-electron chi connectivity index (χ0n) is 25.9. The fraction of sp³-hybridized carbons (Fsp3) is 0.484. The van der Waals surface area contributed by atoms with Gasteiger partial charge in [-0.3, -0.25) is 18.4 Å². The molecule has 13 heteroatoms. The van der Waals surface area contributed by atoms with Crippen LogP contribution in [0.25, 0.3) is 21.0 Å². The number of benzene rings is 1. The fourth-order valence-corrected chi connectivity index (χ4v) is 7.89. The smallest absolute Gasteiger partial charge is 0.333 e. The van der Waals surface area contributed by atoms with Crippen LogP contribution in [0.2, 0.25) is 0 Å². The highest BCUT2D eigenvalue weighted by Gasteiger charge is 2.37. The molecule has 0 radical (unpaired) electrons. The highest BCUT2D eigenvalue weighted by atomic mass is 32.2. The lowest BCUT2D eigenvalue weighted by Crippen LogP contribution is -2.57. The van der Waals surface area contributed by atoms with Gasteiger partial charge in [0.25, 0.3) is 5.56 Å². The molecular formula is C31H39N5O6S2. The number of nitrogens with one attached hydrogen (secondary N) is 1. The maximum Gasteiger partial charge on any atom is 0.333 e. The van der Waals surface area contributed by atoms with Crippen LogP contribution in [0.3, 0.4) is 0 Å². The summed E-state index contributed by atoms with van der Waals surface area (Å²) in [6.45, 7) is 4.91. The van der Waals surface area contributed by atoms with Gasteiger partial charge in [0, 0.05) is 33.8 Å². The minimum absolute atomic E-state index is 0.00677. The van der Waals surface area contributed by atoms with Gasteiger partial charge in [-0.05, 0) is 45.2 Å². The second-order valence-corrected chi connectivity index (χ2v) is 15.6. The average molecular weight is 642 g/mol. The molecule has 0 bridgehead atoms. The first-order valence-electron chi connectivity index (χ1n) is 14.6. The van der Waals surface area contributed by atoms with Crippen molar-refractivity contribution in [1.82, 2.24) is 19.4 Å². The molecule has 3 aromatic heterocycles. The quantitative estimate of drug-likeness (QED) is 0.276. The van der Waals surface area contributed by atoms with Crippen molar-refractivity contribution in [3.05, 3.63) is 68.7 Å². The molecule has 0 saturated heterocycles. The molecule has 5 rings (SSSR count). The molecule has 4 aromatic rings. The molecule has 1 atom stereocenters. The van der Waals surface area contributed by atoms with E-state index in [1.807, 2.05) is 18.2 Å². The Hall–Kier alpha value is -3.71. The summed E-state index contributed by atoms with van der Waals surface area (Å²) in [4.78, 5) is 47.8. The number of carbonyl (C=O) groups excluding carboxylic acids is 1. The summed E-state index contributed by atoms with van der Waals surface area (Å²) in [5.41, 5.74) is -1.53. The van der Waals surface area contributed by atoms with Crippen molar-refractivity contribution in [3.8, 4) is 16.5 Å². The van der Waals surface area contributed by atoms with Crippen LogP contribution in [0.1, 0.15) is 63.1 Å². The number of hydrogen-bond acceptors (Lipinski definition) is 9. The summed E-state index contributed by atoms with van der Waals surface area (Å²) in [5.74, 6) is 0.447. The number of aryl methyl sites for hydroxylation is 1. The van der Waals surface area contributed by atoms with Gasteiger partial charge in [-0.2, -0.15) is 0 Å². The fourth-order valence-electron chi connectivity index (χ4n) is 5.86. The maximum absolute atomic E-state index is 14.5. The molecule has 1 amide bonds. The molecule has 1 fully saturated rings. The first-order valence-corrected chi connectivity index (χ1v) is 17.8. The molecule has 0 aliphatic heterocycles. The number of amides is 1. The number of aromatic nitrogens is 3. The van der Waals surface area contributed by atoms with Crippen LogP contribution in [0.5, 0.6) is 5.75 Å². The predicted molar refractivity (Wildman–Crippen MR) is 173 cm³/mol. The number of hydrogen-bond donors (Lipinski definition) is 1. The third-order valence-electron chi connectivity index (χ3n) is 8.13. The number of fused-ring (bicyclic) bond motifs is 1. The van der Waals surface area contributed by atoms with Crippen LogP contribution in [0, 0.1) is 6.92 Å². The monoisotopic (exact) mass is 641 g/mol. The largest absolute Gasteiger partial charge is 0.496 e. The number of carbonyl (C=O) groups is 1. The molecule has 3 heterocycles. The van der Waals surface area contributed by atoms with Gasteiger partial charge in [0.15, 0.2) is 0 Å². The van der Waals surface area contributed by atoms with Gasteiger partial charge in [0.05, 0.1) is 30.1 Å². The molecule has 1 unspecified atom stereocenters. The van der Waals surface area contributed by atoms with Gasteiger partial charge < -0.3 is 14.5 Å². The number of para-hydroxylation sites is 1. The van der Waals surface area contributed by atoms with Crippen LogP contribution in [-0.4, -0.2) is 49.9 Å². The topological polar surface area (TPSA) is 138 Å². The maximum atomic E-state index is 14.5. The van der Waals surface area contributed by atoms with Crippen LogP contribution < -0.4 is 21.3 Å². The van der Waals surface area contributed by atoms with E-state index in [9.17, 15) is 18.6 Å². The van der Waals surface area contributed by atoms with Crippen LogP contribution in [0.15, 0.2) is 55.1 Å². The first-order chi connectivity index (χ1) is 20.8. The highest BCUT2D eigenvalue weighted by molar-refractivity contribution is 7.92. The first kappa shape index (κ1) is 31.7. The van der Waals surface area contributed by atoms with E-state index in [1.54, 1.807) is 26.8 Å². The van der Waals surface area contributed by atoms with E-state index in [4.69, 9.17) is 9.15 Å². The Morgan fingerprint density at radius 1 is 1.23 bits per heavy atom. The molecule has 11 nitrogen and oxygen atoms in total. The van der Waals surface area contributed by atoms with Crippen molar-refractivity contribution >= 4 is 37.2 Å². The van der Waals surface area contributed by atoms with Crippen molar-refractivity contribution in [2.75, 3.05) is 19.6 Å². The van der Waals surface area contributed by atoms with Gasteiger partial charge in [0.2, 0.25) is 11.8 Å². The SMILES string of the molecule is COc1ccccc1C(Cn1c(=O)n(C(C)(C)C(=O)NC2CCCCC2)c(=O)c2c(C)c(-c3ncco3)sc21)N=S(C)(C)=O. The Balaban J connectivity index is 1.76. The lowest BCUT2D eigenvalue weighted by atomic mass is 9.94. The standard InChI is InChI=1S/C31H39N5O6S2/c1-19-24-27(37)36(31(2,3)29(38)33-20-12-8-7-9-13-20)30(39)35(28(24)43-25(19)26-32-16-17-42-26)18-22(34-44(5,6)40)21-14-10-11-15-23(21)41-4/h10-11,14-17,20,22H,7-9,12-13,18H2,1-6H3,(H,33,38). The van der Waals surface area contributed by atoms with Crippen molar-refractivity contribution in [3.63, 3.8) is 0 Å². The normalized spacial score (nSPS) is 15.3. The summed E-state index contributed by atoms with van der Waals surface area (Å²) >= 11 is 1.21. The molecule has 1 N–H and O–H groups in total. The molecular weight excluding hydrogens is 603 g/mol. The Morgan fingerprint density at radius 2 is 1.93 bits per heavy atom. The number of oxazole rings is 1. The van der Waals surface area contributed by atoms with Crippen LogP contribution in [-0.2, 0) is 26.6 Å². The second-order valence-electron chi connectivity index (χ2n) is 12.0. The Bertz CT molecular complexity index is 1910. The predicted octanol–water partition coefficient (Wildman–Crippen LogP) is 4.85. The molecule has 44 heavy (non-hydrogen) atoms. The van der Waals surface area contributed by atoms with E-state index >= 15 is 0 Å². The molecule has 1 aliphatic carbocycles. The lowest BCUT2D eigenvalue weighted by Gasteiger charge is -2.31. The molecule has 0 spiro atoms. The van der Waals surface area contributed by atoms with E-state index in [0.29, 0.717) is 32.5 Å². The lowest BCUT2D eigenvalue weighted by molar-refractivity contribution is -0.129. The number of ether oxygens (including phenoxy) is 1. The van der Waals surface area contributed by atoms with Crippen molar-refractivity contribution in [2.24, 2.45) is 4.36 Å². The summed E-state index contributed by atoms with van der Waals surface area (Å²) in [7, 11) is -1.11.